The fourth-order valence-electron chi connectivity index (χ4n) is 3.84. The summed E-state index contributed by atoms with van der Waals surface area (Å²) in [5.41, 5.74) is 4.88. The Labute approximate surface area is 211 Å². The summed E-state index contributed by atoms with van der Waals surface area (Å²) in [5, 5.41) is 4.84. The molecule has 0 N–H and O–H groups in total. The third-order valence-corrected chi connectivity index (χ3v) is 5.61. The summed E-state index contributed by atoms with van der Waals surface area (Å²) in [4.78, 5) is 4.80. The number of ether oxygens (including phenoxy) is 2. The molecule has 0 radical (unpaired) electrons. The summed E-state index contributed by atoms with van der Waals surface area (Å²) < 4.78 is 13.8. The van der Waals surface area contributed by atoms with Crippen LogP contribution in [0.2, 0.25) is 0 Å². The highest BCUT2D eigenvalue weighted by Gasteiger charge is 2.11. The highest BCUT2D eigenvalue weighted by molar-refractivity contribution is 5.83. The van der Waals surface area contributed by atoms with Gasteiger partial charge in [-0.15, -0.1) is 0 Å². The van der Waals surface area contributed by atoms with E-state index in [0.29, 0.717) is 24.7 Å². The van der Waals surface area contributed by atoms with Crippen molar-refractivity contribution in [3.05, 3.63) is 126 Å². The molecule has 4 aromatic carbocycles. The summed E-state index contributed by atoms with van der Waals surface area (Å²) in [5.74, 6) is 2.14. The Kier molecular flexibility index (Phi) is 7.19. The van der Waals surface area contributed by atoms with Crippen LogP contribution in [0.1, 0.15) is 18.1 Å². The average Bonchev–Trinajstić information content (AvgIpc) is 3.37. The van der Waals surface area contributed by atoms with Crippen LogP contribution in [0.3, 0.4) is 0 Å². The second kappa shape index (κ2) is 11.2. The molecule has 5 heteroatoms. The van der Waals surface area contributed by atoms with Crippen molar-refractivity contribution in [3.8, 4) is 28.4 Å². The number of rotatable bonds is 9. The first-order valence-electron chi connectivity index (χ1n) is 12.0. The van der Waals surface area contributed by atoms with Crippen molar-refractivity contribution in [2.24, 2.45) is 4.99 Å². The highest BCUT2D eigenvalue weighted by Crippen LogP contribution is 2.30. The maximum Gasteiger partial charge on any atom is 0.161 e. The van der Waals surface area contributed by atoms with E-state index in [9.17, 15) is 0 Å². The van der Waals surface area contributed by atoms with Gasteiger partial charge in [0, 0.05) is 17.8 Å². The molecule has 0 aliphatic carbocycles. The quantitative estimate of drug-likeness (QED) is 0.212. The van der Waals surface area contributed by atoms with Crippen LogP contribution in [0.5, 0.6) is 11.5 Å². The molecule has 0 saturated heterocycles. The molecule has 36 heavy (non-hydrogen) atoms. The first-order valence-corrected chi connectivity index (χ1v) is 12.0. The Balaban J connectivity index is 1.43. The lowest BCUT2D eigenvalue weighted by molar-refractivity contribution is 0.269. The first kappa shape index (κ1) is 23.1. The molecule has 5 aromatic rings. The number of aromatic nitrogens is 2. The molecule has 0 spiro atoms. The fraction of sp³-hybridized carbons (Fsp3) is 0.0968. The van der Waals surface area contributed by atoms with E-state index in [-0.39, 0.29) is 0 Å². The van der Waals surface area contributed by atoms with Gasteiger partial charge >= 0.3 is 0 Å². The van der Waals surface area contributed by atoms with Gasteiger partial charge in [0.2, 0.25) is 0 Å². The predicted octanol–water partition coefficient (Wildman–Crippen LogP) is 7.27. The van der Waals surface area contributed by atoms with Gasteiger partial charge in [-0.25, -0.2) is 9.67 Å². The molecule has 0 aliphatic rings. The zero-order valence-electron chi connectivity index (χ0n) is 20.1. The van der Waals surface area contributed by atoms with Crippen molar-refractivity contribution < 1.29 is 9.47 Å². The summed E-state index contributed by atoms with van der Waals surface area (Å²) >= 11 is 0. The lowest BCUT2D eigenvalue weighted by atomic mass is 10.1. The number of aliphatic imine (C=N–C) groups is 1. The van der Waals surface area contributed by atoms with E-state index in [2.05, 4.69) is 0 Å². The molecule has 0 amide bonds. The normalized spacial score (nSPS) is 11.0. The Bertz CT molecular complexity index is 1430. The standard InChI is InChI=1S/C31H27N3O2/c1-2-35-30-20-25(18-19-29(30)36-23-24-12-6-3-7-13-24)22-32-31-21-28(26-14-8-4-9-15-26)33-34(31)27-16-10-5-11-17-27/h3-22H,2,23H2,1H3. The smallest absolute Gasteiger partial charge is 0.161 e. The van der Waals surface area contributed by atoms with E-state index < -0.39 is 0 Å². The molecular formula is C31H27N3O2. The largest absolute Gasteiger partial charge is 0.490 e. The highest BCUT2D eigenvalue weighted by atomic mass is 16.5. The van der Waals surface area contributed by atoms with Crippen LogP contribution in [0.15, 0.2) is 120 Å². The topological polar surface area (TPSA) is 48.6 Å². The summed E-state index contributed by atoms with van der Waals surface area (Å²) in [6, 6.07) is 38.1. The van der Waals surface area contributed by atoms with Gasteiger partial charge in [-0.2, -0.15) is 5.10 Å². The molecule has 0 atom stereocenters. The Hall–Kier alpha value is -4.64. The third-order valence-electron chi connectivity index (χ3n) is 5.61. The van der Waals surface area contributed by atoms with Crippen molar-refractivity contribution in [1.29, 1.82) is 0 Å². The molecule has 0 fully saturated rings. The van der Waals surface area contributed by atoms with Crippen LogP contribution < -0.4 is 9.47 Å². The number of nitrogens with zero attached hydrogens (tertiary/aromatic N) is 3. The summed E-state index contributed by atoms with van der Waals surface area (Å²) in [7, 11) is 0. The minimum atomic E-state index is 0.479. The van der Waals surface area contributed by atoms with Crippen LogP contribution in [0.25, 0.3) is 16.9 Å². The van der Waals surface area contributed by atoms with E-state index in [1.165, 1.54) is 0 Å². The van der Waals surface area contributed by atoms with Crippen molar-refractivity contribution in [3.63, 3.8) is 0 Å². The molecule has 0 bridgehead atoms. The maximum atomic E-state index is 6.04. The molecule has 5 rings (SSSR count). The van der Waals surface area contributed by atoms with Gasteiger partial charge in [-0.1, -0.05) is 78.9 Å². The second-order valence-electron chi connectivity index (χ2n) is 8.17. The molecule has 0 aliphatic heterocycles. The fourth-order valence-corrected chi connectivity index (χ4v) is 3.84. The minimum Gasteiger partial charge on any atom is -0.490 e. The molecule has 0 unspecified atom stereocenters. The Morgan fingerprint density at radius 2 is 1.44 bits per heavy atom. The van der Waals surface area contributed by atoms with E-state index >= 15 is 0 Å². The van der Waals surface area contributed by atoms with Gasteiger partial charge in [-0.05, 0) is 48.4 Å². The molecule has 5 nitrogen and oxygen atoms in total. The average molecular weight is 474 g/mol. The molecule has 178 valence electrons. The zero-order chi connectivity index (χ0) is 24.6. The second-order valence-corrected chi connectivity index (χ2v) is 8.17. The van der Waals surface area contributed by atoms with E-state index in [1.807, 2.05) is 133 Å². The monoisotopic (exact) mass is 473 g/mol. The van der Waals surface area contributed by atoms with Gasteiger partial charge in [0.05, 0.1) is 18.0 Å². The van der Waals surface area contributed by atoms with Gasteiger partial charge in [0.25, 0.3) is 0 Å². The Morgan fingerprint density at radius 3 is 2.17 bits per heavy atom. The third kappa shape index (κ3) is 5.53. The van der Waals surface area contributed by atoms with E-state index in [1.54, 1.807) is 0 Å². The minimum absolute atomic E-state index is 0.479. The molecule has 0 saturated carbocycles. The first-order chi connectivity index (χ1) is 17.8. The van der Waals surface area contributed by atoms with Gasteiger partial charge in [0.1, 0.15) is 6.61 Å². The molecule has 1 heterocycles. The van der Waals surface area contributed by atoms with Crippen molar-refractivity contribution >= 4 is 12.0 Å². The van der Waals surface area contributed by atoms with Gasteiger partial charge in [-0.3, -0.25) is 0 Å². The lowest BCUT2D eigenvalue weighted by Crippen LogP contribution is -2.00. The molecule has 1 aromatic heterocycles. The summed E-state index contributed by atoms with van der Waals surface area (Å²) in [6.07, 6.45) is 1.83. The van der Waals surface area contributed by atoms with E-state index in [0.717, 1.165) is 33.9 Å². The lowest BCUT2D eigenvalue weighted by Gasteiger charge is -2.12. The number of para-hydroxylation sites is 1. The SMILES string of the molecule is CCOc1cc(C=Nc2cc(-c3ccccc3)nn2-c2ccccc2)ccc1OCc1ccccc1. The van der Waals surface area contributed by atoms with Crippen LogP contribution in [0.4, 0.5) is 5.82 Å². The predicted molar refractivity (Wildman–Crippen MR) is 145 cm³/mol. The maximum absolute atomic E-state index is 6.04. The van der Waals surface area contributed by atoms with E-state index in [4.69, 9.17) is 19.6 Å². The van der Waals surface area contributed by atoms with Crippen molar-refractivity contribution in [2.45, 2.75) is 13.5 Å². The zero-order valence-corrected chi connectivity index (χ0v) is 20.1. The number of hydrogen-bond donors (Lipinski definition) is 0. The van der Waals surface area contributed by atoms with Crippen LogP contribution in [-0.2, 0) is 6.61 Å². The van der Waals surface area contributed by atoms with Gasteiger partial charge < -0.3 is 9.47 Å². The summed E-state index contributed by atoms with van der Waals surface area (Å²) in [6.45, 7) is 2.99. The molecular weight excluding hydrogens is 446 g/mol. The van der Waals surface area contributed by atoms with Crippen LogP contribution >= 0.6 is 0 Å². The van der Waals surface area contributed by atoms with Gasteiger partial charge in [0.15, 0.2) is 17.3 Å². The van der Waals surface area contributed by atoms with Crippen LogP contribution in [-0.4, -0.2) is 22.6 Å². The number of benzene rings is 4. The number of hydrogen-bond acceptors (Lipinski definition) is 4. The van der Waals surface area contributed by atoms with Crippen LogP contribution in [0, 0.1) is 0 Å². The van der Waals surface area contributed by atoms with Crippen molar-refractivity contribution in [1.82, 2.24) is 9.78 Å². The Morgan fingerprint density at radius 1 is 0.750 bits per heavy atom. The van der Waals surface area contributed by atoms with Crippen molar-refractivity contribution in [2.75, 3.05) is 6.61 Å².